The number of carbonyl (C=O) groups is 1. The standard InChI is InChI=1S/C17H19N3OS/c1-10-15(22-17(18-10)11-5-3-2-4-6-11)16(21)20-14-9-12-7-8-13(14)19-12/h2-6,12-14,19H,7-9H2,1H3,(H,20,21). The minimum atomic E-state index is 0.0246. The van der Waals surface area contributed by atoms with E-state index in [1.807, 2.05) is 37.3 Å². The van der Waals surface area contributed by atoms with E-state index in [-0.39, 0.29) is 11.9 Å². The van der Waals surface area contributed by atoms with Crippen LogP contribution in [0.4, 0.5) is 0 Å². The number of carbonyl (C=O) groups excluding carboxylic acids is 1. The lowest BCUT2D eigenvalue weighted by Crippen LogP contribution is -2.42. The van der Waals surface area contributed by atoms with Crippen LogP contribution in [0.15, 0.2) is 30.3 Å². The van der Waals surface area contributed by atoms with Crippen LogP contribution in [0.2, 0.25) is 0 Å². The molecule has 1 amide bonds. The summed E-state index contributed by atoms with van der Waals surface area (Å²) in [5.74, 6) is 0.0246. The summed E-state index contributed by atoms with van der Waals surface area (Å²) in [5.41, 5.74) is 1.88. The summed E-state index contributed by atoms with van der Waals surface area (Å²) >= 11 is 1.48. The summed E-state index contributed by atoms with van der Waals surface area (Å²) in [6, 6.07) is 11.3. The van der Waals surface area contributed by atoms with Crippen LogP contribution in [-0.2, 0) is 0 Å². The lowest BCUT2D eigenvalue weighted by molar-refractivity contribution is 0.0934. The van der Waals surface area contributed by atoms with Crippen molar-refractivity contribution < 1.29 is 4.79 Å². The minimum absolute atomic E-state index is 0.0246. The second kappa shape index (κ2) is 5.48. The Morgan fingerprint density at radius 1 is 1.32 bits per heavy atom. The highest BCUT2D eigenvalue weighted by Crippen LogP contribution is 2.30. The summed E-state index contributed by atoms with van der Waals surface area (Å²) in [4.78, 5) is 17.9. The lowest BCUT2D eigenvalue weighted by atomic mass is 9.95. The normalized spacial score (nSPS) is 26.3. The van der Waals surface area contributed by atoms with Gasteiger partial charge in [-0.2, -0.15) is 0 Å². The predicted molar refractivity (Wildman–Crippen MR) is 88.1 cm³/mol. The van der Waals surface area contributed by atoms with Gasteiger partial charge in [0.1, 0.15) is 9.88 Å². The number of hydrogen-bond acceptors (Lipinski definition) is 4. The quantitative estimate of drug-likeness (QED) is 0.916. The lowest BCUT2D eigenvalue weighted by Gasteiger charge is -2.21. The molecule has 22 heavy (non-hydrogen) atoms. The molecule has 1 aromatic carbocycles. The average Bonchev–Trinajstić information content (AvgIpc) is 3.23. The highest BCUT2D eigenvalue weighted by Gasteiger charge is 2.40. The zero-order valence-electron chi connectivity index (χ0n) is 12.5. The van der Waals surface area contributed by atoms with Crippen molar-refractivity contribution in [3.05, 3.63) is 40.9 Å². The first kappa shape index (κ1) is 13.9. The number of benzene rings is 1. The molecule has 0 aliphatic carbocycles. The Hall–Kier alpha value is -1.72. The first-order valence-corrected chi connectivity index (χ1v) is 8.62. The van der Waals surface area contributed by atoms with E-state index in [9.17, 15) is 4.79 Å². The molecule has 2 aliphatic rings. The van der Waals surface area contributed by atoms with E-state index in [2.05, 4.69) is 15.6 Å². The highest BCUT2D eigenvalue weighted by atomic mass is 32.1. The molecule has 5 heteroatoms. The second-order valence-corrected chi connectivity index (χ2v) is 7.16. The monoisotopic (exact) mass is 313 g/mol. The molecule has 3 unspecified atom stereocenters. The topological polar surface area (TPSA) is 54.0 Å². The van der Waals surface area contributed by atoms with Crippen LogP contribution in [0.5, 0.6) is 0 Å². The van der Waals surface area contributed by atoms with Gasteiger partial charge in [-0.05, 0) is 26.2 Å². The van der Waals surface area contributed by atoms with Gasteiger partial charge >= 0.3 is 0 Å². The maximum Gasteiger partial charge on any atom is 0.263 e. The molecule has 2 aliphatic heterocycles. The van der Waals surface area contributed by atoms with Crippen molar-refractivity contribution in [2.45, 2.75) is 44.3 Å². The Kier molecular flexibility index (Phi) is 3.47. The molecule has 0 spiro atoms. The maximum absolute atomic E-state index is 12.6. The number of fused-ring (bicyclic) bond motifs is 2. The Labute approximate surface area is 134 Å². The SMILES string of the molecule is Cc1nc(-c2ccccc2)sc1C(=O)NC1CC2CCC1N2. The molecule has 2 bridgehead atoms. The molecule has 4 nitrogen and oxygen atoms in total. The predicted octanol–water partition coefficient (Wildman–Crippen LogP) is 2.74. The summed E-state index contributed by atoms with van der Waals surface area (Å²) in [5, 5.41) is 7.67. The van der Waals surface area contributed by atoms with E-state index >= 15 is 0 Å². The van der Waals surface area contributed by atoms with E-state index in [1.165, 1.54) is 24.2 Å². The van der Waals surface area contributed by atoms with Crippen molar-refractivity contribution in [3.63, 3.8) is 0 Å². The van der Waals surface area contributed by atoms with Crippen molar-refractivity contribution in [1.29, 1.82) is 0 Å². The fourth-order valence-corrected chi connectivity index (χ4v) is 4.50. The zero-order valence-corrected chi connectivity index (χ0v) is 13.3. The number of aryl methyl sites for hydroxylation is 1. The van der Waals surface area contributed by atoms with Crippen molar-refractivity contribution in [2.24, 2.45) is 0 Å². The number of thiazole rings is 1. The minimum Gasteiger partial charge on any atom is -0.347 e. The smallest absolute Gasteiger partial charge is 0.263 e. The van der Waals surface area contributed by atoms with Crippen LogP contribution in [-0.4, -0.2) is 29.0 Å². The van der Waals surface area contributed by atoms with Crippen LogP contribution < -0.4 is 10.6 Å². The van der Waals surface area contributed by atoms with Gasteiger partial charge in [-0.1, -0.05) is 30.3 Å². The first-order chi connectivity index (χ1) is 10.7. The molecule has 2 saturated heterocycles. The van der Waals surface area contributed by atoms with Crippen molar-refractivity contribution in [3.8, 4) is 10.6 Å². The molecule has 4 rings (SSSR count). The Morgan fingerprint density at radius 3 is 2.82 bits per heavy atom. The summed E-state index contributed by atoms with van der Waals surface area (Å²) in [7, 11) is 0. The summed E-state index contributed by atoms with van der Waals surface area (Å²) in [6.45, 7) is 1.91. The number of nitrogens with zero attached hydrogens (tertiary/aromatic N) is 1. The second-order valence-electron chi connectivity index (χ2n) is 6.16. The van der Waals surface area contributed by atoms with Gasteiger partial charge in [0, 0.05) is 23.7 Å². The van der Waals surface area contributed by atoms with E-state index in [0.717, 1.165) is 27.6 Å². The van der Waals surface area contributed by atoms with Gasteiger partial charge < -0.3 is 10.6 Å². The Morgan fingerprint density at radius 2 is 2.14 bits per heavy atom. The van der Waals surface area contributed by atoms with E-state index < -0.39 is 0 Å². The molecule has 2 aromatic rings. The average molecular weight is 313 g/mol. The zero-order chi connectivity index (χ0) is 15.1. The van der Waals surface area contributed by atoms with Crippen LogP contribution in [0.3, 0.4) is 0 Å². The highest BCUT2D eigenvalue weighted by molar-refractivity contribution is 7.17. The van der Waals surface area contributed by atoms with Gasteiger partial charge in [0.25, 0.3) is 5.91 Å². The van der Waals surface area contributed by atoms with Crippen LogP contribution >= 0.6 is 11.3 Å². The fourth-order valence-electron chi connectivity index (χ4n) is 3.53. The third-order valence-electron chi connectivity index (χ3n) is 4.64. The van der Waals surface area contributed by atoms with Crippen LogP contribution in [0, 0.1) is 6.92 Å². The largest absolute Gasteiger partial charge is 0.347 e. The number of rotatable bonds is 3. The Balaban J connectivity index is 1.52. The third-order valence-corrected chi connectivity index (χ3v) is 5.85. The van der Waals surface area contributed by atoms with Gasteiger partial charge in [-0.15, -0.1) is 11.3 Å². The molecule has 3 atom stereocenters. The molecular formula is C17H19N3OS. The van der Waals surface area contributed by atoms with Gasteiger partial charge in [0.2, 0.25) is 0 Å². The molecule has 114 valence electrons. The number of aromatic nitrogens is 1. The van der Waals surface area contributed by atoms with Gasteiger partial charge in [0.15, 0.2) is 0 Å². The third kappa shape index (κ3) is 2.44. The van der Waals surface area contributed by atoms with E-state index in [1.54, 1.807) is 0 Å². The first-order valence-electron chi connectivity index (χ1n) is 7.80. The number of amides is 1. The van der Waals surface area contributed by atoms with Crippen molar-refractivity contribution in [2.75, 3.05) is 0 Å². The van der Waals surface area contributed by atoms with Gasteiger partial charge in [-0.25, -0.2) is 4.98 Å². The molecule has 2 N–H and O–H groups in total. The van der Waals surface area contributed by atoms with E-state index in [4.69, 9.17) is 0 Å². The molecule has 3 heterocycles. The van der Waals surface area contributed by atoms with Gasteiger partial charge in [-0.3, -0.25) is 4.79 Å². The summed E-state index contributed by atoms with van der Waals surface area (Å²) in [6.07, 6.45) is 3.47. The van der Waals surface area contributed by atoms with E-state index in [0.29, 0.717) is 12.1 Å². The van der Waals surface area contributed by atoms with Gasteiger partial charge in [0.05, 0.1) is 5.69 Å². The molecule has 0 radical (unpaired) electrons. The molecule has 1 aromatic heterocycles. The van der Waals surface area contributed by atoms with Crippen LogP contribution in [0.1, 0.15) is 34.6 Å². The maximum atomic E-state index is 12.6. The Bertz CT molecular complexity index is 697. The molecular weight excluding hydrogens is 294 g/mol. The molecule has 0 saturated carbocycles. The fraction of sp³-hybridized carbons (Fsp3) is 0.412. The molecule has 2 fully saturated rings. The van der Waals surface area contributed by atoms with Crippen molar-refractivity contribution in [1.82, 2.24) is 15.6 Å². The van der Waals surface area contributed by atoms with Crippen molar-refractivity contribution >= 4 is 17.2 Å². The number of nitrogens with one attached hydrogen (secondary N) is 2. The van der Waals surface area contributed by atoms with Crippen LogP contribution in [0.25, 0.3) is 10.6 Å². The number of hydrogen-bond donors (Lipinski definition) is 2. The summed E-state index contributed by atoms with van der Waals surface area (Å²) < 4.78 is 0.